The number of carbonyl (C=O) groups is 1. The van der Waals surface area contributed by atoms with Crippen LogP contribution < -0.4 is 16.0 Å². The van der Waals surface area contributed by atoms with Crippen LogP contribution in [-0.2, 0) is 11.8 Å². The molecule has 4 aromatic heterocycles. The van der Waals surface area contributed by atoms with E-state index in [1.807, 2.05) is 47.4 Å². The van der Waals surface area contributed by atoms with Crippen LogP contribution in [0, 0.1) is 11.8 Å². The van der Waals surface area contributed by atoms with Crippen molar-refractivity contribution >= 4 is 62.4 Å². The maximum absolute atomic E-state index is 13.9. The first-order valence-electron chi connectivity index (χ1n) is 16.8. The van der Waals surface area contributed by atoms with Gasteiger partial charge in [-0.15, -0.1) is 0 Å². The Bertz CT molecular complexity index is 2390. The van der Waals surface area contributed by atoms with E-state index >= 15 is 0 Å². The molecule has 2 saturated carbocycles. The lowest BCUT2D eigenvalue weighted by Gasteiger charge is -2.28. The van der Waals surface area contributed by atoms with Crippen molar-refractivity contribution in [2.75, 3.05) is 13.7 Å². The zero-order chi connectivity index (χ0) is 33.8. The van der Waals surface area contributed by atoms with Crippen LogP contribution in [0.15, 0.2) is 65.5 Å². The molecule has 2 aromatic carbocycles. The molecule has 0 spiro atoms. The number of rotatable bonds is 7. The third kappa shape index (κ3) is 4.84. The number of benzene rings is 2. The van der Waals surface area contributed by atoms with Gasteiger partial charge in [-0.25, -0.2) is 9.97 Å². The summed E-state index contributed by atoms with van der Waals surface area (Å²) < 4.78 is 9.60. The van der Waals surface area contributed by atoms with E-state index in [0.29, 0.717) is 53.1 Å². The topological polar surface area (TPSA) is 124 Å². The number of likely N-dealkylation sites (tertiary alicyclic amines) is 1. The molecule has 3 fully saturated rings. The van der Waals surface area contributed by atoms with Crippen molar-refractivity contribution in [2.24, 2.45) is 17.6 Å². The molecular formula is C36H32B3N7O3. The van der Waals surface area contributed by atoms with Gasteiger partial charge in [0.1, 0.15) is 16.9 Å². The molecule has 3 unspecified atom stereocenters. The minimum absolute atomic E-state index is 0.000111. The quantitative estimate of drug-likeness (QED) is 0.257. The van der Waals surface area contributed by atoms with Gasteiger partial charge in [-0.1, -0.05) is 17.4 Å². The van der Waals surface area contributed by atoms with Crippen molar-refractivity contribution in [2.45, 2.75) is 49.5 Å². The van der Waals surface area contributed by atoms with E-state index in [9.17, 15) is 9.59 Å². The minimum atomic E-state index is -1.86. The van der Waals surface area contributed by atoms with Crippen molar-refractivity contribution < 1.29 is 9.53 Å². The largest absolute Gasteiger partial charge is 0.494 e. The molecule has 1 aliphatic heterocycles. The van der Waals surface area contributed by atoms with Crippen LogP contribution in [0.25, 0.3) is 55.7 Å². The molecule has 238 valence electrons. The first-order valence-corrected chi connectivity index (χ1v) is 16.8. The lowest BCUT2D eigenvalue weighted by Crippen LogP contribution is -2.41. The van der Waals surface area contributed by atoms with E-state index < -0.39 is 5.24 Å². The molecule has 3 N–H and O–H groups in total. The number of nitrogens with one attached hydrogen (secondary N) is 1. The maximum Gasteiger partial charge on any atom is 0.254 e. The Balaban J connectivity index is 1.22. The summed E-state index contributed by atoms with van der Waals surface area (Å²) >= 11 is 0. The van der Waals surface area contributed by atoms with E-state index in [4.69, 9.17) is 44.0 Å². The lowest BCUT2D eigenvalue weighted by molar-refractivity contribution is 0.0700. The molecule has 1 amide bonds. The highest BCUT2D eigenvalue weighted by Crippen LogP contribution is 2.41. The van der Waals surface area contributed by atoms with Gasteiger partial charge >= 0.3 is 0 Å². The number of hydrogen-bond donors (Lipinski definition) is 2. The number of methoxy groups -OCH3 is 1. The average molecular weight is 643 g/mol. The third-order valence-electron chi connectivity index (χ3n) is 10.6. The molecule has 49 heavy (non-hydrogen) atoms. The Hall–Kier alpha value is -4.77. The van der Waals surface area contributed by atoms with E-state index in [1.54, 1.807) is 16.7 Å². The first-order chi connectivity index (χ1) is 23.6. The smallest absolute Gasteiger partial charge is 0.254 e. The second-order valence-electron chi connectivity index (χ2n) is 13.9. The Morgan fingerprint density at radius 2 is 1.88 bits per heavy atom. The van der Waals surface area contributed by atoms with Crippen molar-refractivity contribution in [3.8, 4) is 28.5 Å². The Labute approximate surface area is 286 Å². The number of H-pyrrole nitrogens is 1. The second-order valence-corrected chi connectivity index (χ2v) is 13.9. The van der Waals surface area contributed by atoms with Crippen LogP contribution in [0.5, 0.6) is 5.75 Å². The number of aromatic nitrogens is 5. The van der Waals surface area contributed by atoms with Gasteiger partial charge in [0.2, 0.25) is 5.56 Å². The van der Waals surface area contributed by atoms with Crippen LogP contribution in [0.1, 0.15) is 36.0 Å². The molecule has 1 saturated heterocycles. The predicted octanol–water partition coefficient (Wildman–Crippen LogP) is 3.62. The number of piperidine rings is 1. The summed E-state index contributed by atoms with van der Waals surface area (Å²) in [6, 6.07) is 18.7. The number of ether oxygens (including phenoxy) is 1. The number of carbonyl (C=O) groups excluding carboxylic acids is 1. The summed E-state index contributed by atoms with van der Waals surface area (Å²) in [5.41, 5.74) is 11.6. The van der Waals surface area contributed by atoms with E-state index in [0.717, 1.165) is 64.6 Å². The molecule has 6 radical (unpaired) electrons. The fraction of sp³-hybridized carbons (Fsp3) is 0.333. The summed E-state index contributed by atoms with van der Waals surface area (Å²) in [4.78, 5) is 40.9. The van der Waals surface area contributed by atoms with Gasteiger partial charge in [-0.05, 0) is 80.0 Å². The molecule has 13 heteroatoms. The number of aromatic amines is 1. The van der Waals surface area contributed by atoms with Crippen LogP contribution >= 0.6 is 0 Å². The van der Waals surface area contributed by atoms with Crippen molar-refractivity contribution in [1.82, 2.24) is 29.0 Å². The molecule has 2 bridgehead atoms. The molecular weight excluding hydrogens is 611 g/mol. The van der Waals surface area contributed by atoms with Crippen LogP contribution in [0.2, 0.25) is 0 Å². The lowest BCUT2D eigenvalue weighted by atomic mass is 9.49. The molecule has 10 nitrogen and oxygen atoms in total. The van der Waals surface area contributed by atoms with E-state index in [-0.39, 0.29) is 23.6 Å². The van der Waals surface area contributed by atoms with Gasteiger partial charge in [0.05, 0.1) is 47.6 Å². The van der Waals surface area contributed by atoms with Crippen LogP contribution in [0.4, 0.5) is 0 Å². The Kier molecular flexibility index (Phi) is 6.72. The summed E-state index contributed by atoms with van der Waals surface area (Å²) in [6.07, 6.45) is 4.18. The minimum Gasteiger partial charge on any atom is -0.494 e. The summed E-state index contributed by atoms with van der Waals surface area (Å²) in [5.74, 6) is 1.54. The first kappa shape index (κ1) is 30.3. The standard InChI is InChI=1S/C36H32B3N7O3/c1-49-29-15-21(35(48)45-17-20-8-11-27(45)31(20)40)13-26-32(29)46(36(37,38)39)34(43-26)28-14-19-7-10-25(42-33(19)44(28)16-18-5-6-18)22-3-2-4-24-23(22)9-12-30(47)41-24/h2-4,7,9-10,12-15,18,20,27,31H,5-6,8,11,16-17,40H2,1H3,(H,41,47). The second kappa shape index (κ2) is 10.9. The molecule has 5 heterocycles. The molecule has 3 aliphatic rings. The molecule has 9 rings (SSSR count). The van der Waals surface area contributed by atoms with Gasteiger partial charge in [-0.2, -0.15) is 0 Å². The monoisotopic (exact) mass is 643 g/mol. The molecule has 3 atom stereocenters. The summed E-state index contributed by atoms with van der Waals surface area (Å²) in [6.45, 7) is 1.36. The number of fused-ring (bicyclic) bond motifs is 5. The van der Waals surface area contributed by atoms with Gasteiger partial charge in [0.15, 0.2) is 5.82 Å². The highest BCUT2D eigenvalue weighted by atomic mass is 16.5. The predicted molar refractivity (Wildman–Crippen MR) is 192 cm³/mol. The maximum atomic E-state index is 13.9. The van der Waals surface area contributed by atoms with Gasteiger partial charge in [-0.3, -0.25) is 9.59 Å². The highest BCUT2D eigenvalue weighted by molar-refractivity contribution is 6.57. The number of nitrogens with zero attached hydrogens (tertiary/aromatic N) is 5. The normalized spacial score (nSPS) is 20.6. The zero-order valence-corrected chi connectivity index (χ0v) is 27.1. The number of amides is 1. The van der Waals surface area contributed by atoms with Gasteiger partial charge < -0.3 is 29.5 Å². The van der Waals surface area contributed by atoms with Crippen molar-refractivity contribution in [3.63, 3.8) is 0 Å². The van der Waals surface area contributed by atoms with Crippen LogP contribution in [-0.4, -0.2) is 84.2 Å². The van der Waals surface area contributed by atoms with Gasteiger partial charge in [0.25, 0.3) is 5.91 Å². The third-order valence-corrected chi connectivity index (χ3v) is 10.6. The fourth-order valence-corrected chi connectivity index (χ4v) is 8.07. The van der Waals surface area contributed by atoms with E-state index in [1.165, 1.54) is 13.2 Å². The molecule has 6 aromatic rings. The Morgan fingerprint density at radius 1 is 1.04 bits per heavy atom. The van der Waals surface area contributed by atoms with Crippen LogP contribution in [0.3, 0.4) is 0 Å². The highest BCUT2D eigenvalue weighted by Gasteiger charge is 2.47. The average Bonchev–Trinajstić information content (AvgIpc) is 3.40. The van der Waals surface area contributed by atoms with E-state index in [2.05, 4.69) is 9.55 Å². The van der Waals surface area contributed by atoms with Gasteiger partial charge in [0, 0.05) is 58.7 Å². The number of hydrogen-bond acceptors (Lipinski definition) is 6. The SMILES string of the molecule is [B]C([B])([B])n1c(-c2cc3ccc(-c4cccc5[nH]c(=O)ccc45)nc3n2CC2CC2)nc2cc(C(=O)N3CC4CCC3C4N)cc(OC)c21. The number of pyridine rings is 2. The van der Waals surface area contributed by atoms with Crippen molar-refractivity contribution in [3.05, 3.63) is 76.6 Å². The number of imidazole rings is 1. The summed E-state index contributed by atoms with van der Waals surface area (Å²) in [7, 11) is 21.0. The van der Waals surface area contributed by atoms with Crippen molar-refractivity contribution in [1.29, 1.82) is 0 Å². The Morgan fingerprint density at radius 3 is 2.59 bits per heavy atom. The fourth-order valence-electron chi connectivity index (χ4n) is 8.07. The molecule has 2 aliphatic carbocycles. The number of nitrogens with two attached hydrogens (primary N) is 1. The summed E-state index contributed by atoms with van der Waals surface area (Å²) in [5, 5.41) is -0.0495. The zero-order valence-electron chi connectivity index (χ0n) is 27.1.